The number of nitrogens with one attached hydrogen (secondary N) is 2. The summed E-state index contributed by atoms with van der Waals surface area (Å²) in [6, 6.07) is 21.0. The molecule has 1 aromatic heterocycles. The van der Waals surface area contributed by atoms with Crippen LogP contribution in [-0.2, 0) is 27.5 Å². The number of aryl methyl sites for hydroxylation is 1. The molecule has 0 aliphatic carbocycles. The van der Waals surface area contributed by atoms with Gasteiger partial charge in [0.15, 0.2) is 5.17 Å². The molecule has 5 rings (SSSR count). The summed E-state index contributed by atoms with van der Waals surface area (Å²) in [5.41, 5.74) is 3.73. The summed E-state index contributed by atoms with van der Waals surface area (Å²) in [5, 5.41) is 5.06. The van der Waals surface area contributed by atoms with Gasteiger partial charge in [0.2, 0.25) is 11.8 Å². The van der Waals surface area contributed by atoms with Gasteiger partial charge < -0.3 is 15.4 Å². The fourth-order valence-electron chi connectivity index (χ4n) is 4.22. The van der Waals surface area contributed by atoms with Crippen molar-refractivity contribution >= 4 is 46.2 Å². The first-order valence-electron chi connectivity index (χ1n) is 13.7. The number of carbonyl (C=O) groups is 3. The van der Waals surface area contributed by atoms with Crippen LogP contribution in [0.15, 0.2) is 96.2 Å². The number of rotatable bonds is 9. The Balaban J connectivity index is 1.24. The minimum Gasteiger partial charge on any atom is -0.445 e. The van der Waals surface area contributed by atoms with Gasteiger partial charge in [-0.2, -0.15) is 0 Å². The van der Waals surface area contributed by atoms with Gasteiger partial charge in [-0.1, -0.05) is 60.3 Å². The first kappa shape index (κ1) is 30.4. The first-order valence-corrected chi connectivity index (χ1v) is 14.6. The lowest BCUT2D eigenvalue weighted by atomic mass is 10.1. The second-order valence-corrected chi connectivity index (χ2v) is 11.1. The van der Waals surface area contributed by atoms with Gasteiger partial charge in [-0.3, -0.25) is 24.5 Å². The third-order valence-electron chi connectivity index (χ3n) is 6.55. The number of aliphatic imine (C=N–C) groups is 1. The van der Waals surface area contributed by atoms with Gasteiger partial charge in [0, 0.05) is 11.9 Å². The molecule has 0 radical (unpaired) electrons. The molecule has 1 saturated heterocycles. The minimum absolute atomic E-state index is 0.0882. The minimum atomic E-state index is -0.857. The van der Waals surface area contributed by atoms with Crippen molar-refractivity contribution in [3.63, 3.8) is 0 Å². The molecule has 1 unspecified atom stereocenters. The zero-order chi connectivity index (χ0) is 31.1. The molecular formula is C32H29FN6O4S. The summed E-state index contributed by atoms with van der Waals surface area (Å²) < 4.78 is 19.0. The van der Waals surface area contributed by atoms with E-state index in [0.29, 0.717) is 27.8 Å². The van der Waals surface area contributed by atoms with E-state index in [1.807, 2.05) is 37.3 Å². The molecule has 2 N–H and O–H groups in total. The largest absolute Gasteiger partial charge is 0.445 e. The predicted molar refractivity (Wildman–Crippen MR) is 165 cm³/mol. The molecule has 3 amide bonds. The fraction of sp³-hybridized carbons (Fsp3) is 0.188. The molecule has 12 heteroatoms. The van der Waals surface area contributed by atoms with Crippen molar-refractivity contribution in [3.05, 3.63) is 120 Å². The lowest BCUT2D eigenvalue weighted by molar-refractivity contribution is -0.126. The predicted octanol–water partition coefficient (Wildman–Crippen LogP) is 5.68. The lowest BCUT2D eigenvalue weighted by Crippen LogP contribution is -2.41. The van der Waals surface area contributed by atoms with E-state index < -0.39 is 29.1 Å². The molecule has 224 valence electrons. The lowest BCUT2D eigenvalue weighted by Gasteiger charge is -2.16. The number of nitrogens with zero attached hydrogens (tertiary/aromatic N) is 4. The van der Waals surface area contributed by atoms with E-state index in [1.54, 1.807) is 55.7 Å². The number of thioether (sulfide) groups is 1. The summed E-state index contributed by atoms with van der Waals surface area (Å²) in [6.45, 7) is 3.61. The fourth-order valence-corrected chi connectivity index (χ4v) is 5.39. The van der Waals surface area contributed by atoms with Crippen molar-refractivity contribution in [1.82, 2.24) is 20.2 Å². The first-order chi connectivity index (χ1) is 21.2. The van der Waals surface area contributed by atoms with E-state index in [-0.39, 0.29) is 19.1 Å². The summed E-state index contributed by atoms with van der Waals surface area (Å²) in [5.74, 6) is -1.08. The Kier molecular flexibility index (Phi) is 9.60. The van der Waals surface area contributed by atoms with Gasteiger partial charge in [0.05, 0.1) is 29.8 Å². The van der Waals surface area contributed by atoms with E-state index in [9.17, 15) is 18.8 Å². The van der Waals surface area contributed by atoms with Gasteiger partial charge in [-0.25, -0.2) is 14.2 Å². The SMILES string of the molecule is Cc1cnc(CN2C(=O)C(c3ccc(NC(=O)[C@H](C)NC(=O)OCc4ccccc4)cc3)S/C2=N\c2cccc(F)c2)cn1. The molecular weight excluding hydrogens is 583 g/mol. The van der Waals surface area contributed by atoms with Crippen molar-refractivity contribution in [2.24, 2.45) is 4.99 Å². The van der Waals surface area contributed by atoms with Crippen LogP contribution >= 0.6 is 11.8 Å². The van der Waals surface area contributed by atoms with Crippen molar-refractivity contribution in [3.8, 4) is 0 Å². The molecule has 44 heavy (non-hydrogen) atoms. The number of halogens is 1. The highest BCUT2D eigenvalue weighted by atomic mass is 32.2. The third-order valence-corrected chi connectivity index (χ3v) is 7.79. The summed E-state index contributed by atoms with van der Waals surface area (Å²) in [6.07, 6.45) is 2.53. The summed E-state index contributed by atoms with van der Waals surface area (Å²) in [4.78, 5) is 53.2. The molecule has 4 aromatic rings. The monoisotopic (exact) mass is 612 g/mol. The van der Waals surface area contributed by atoms with Crippen LogP contribution in [0.4, 0.5) is 20.6 Å². The maximum absolute atomic E-state index is 13.8. The Hall–Kier alpha value is -5.10. The van der Waals surface area contributed by atoms with Crippen molar-refractivity contribution in [2.75, 3.05) is 5.32 Å². The zero-order valence-electron chi connectivity index (χ0n) is 23.9. The molecule has 1 fully saturated rings. The zero-order valence-corrected chi connectivity index (χ0v) is 24.8. The Morgan fingerprint density at radius 1 is 1.05 bits per heavy atom. The van der Waals surface area contributed by atoms with Crippen LogP contribution in [0.25, 0.3) is 0 Å². The third kappa shape index (κ3) is 7.84. The number of carbonyl (C=O) groups excluding carboxylic acids is 3. The second kappa shape index (κ2) is 13.9. The highest BCUT2D eigenvalue weighted by Gasteiger charge is 2.39. The van der Waals surface area contributed by atoms with E-state index in [0.717, 1.165) is 11.3 Å². The van der Waals surface area contributed by atoms with Crippen LogP contribution < -0.4 is 10.6 Å². The van der Waals surface area contributed by atoms with Gasteiger partial charge >= 0.3 is 6.09 Å². The summed E-state index contributed by atoms with van der Waals surface area (Å²) in [7, 11) is 0. The molecule has 10 nitrogen and oxygen atoms in total. The number of aromatic nitrogens is 2. The van der Waals surface area contributed by atoms with Gasteiger partial charge in [-0.15, -0.1) is 0 Å². The maximum atomic E-state index is 13.8. The number of amides is 3. The molecule has 1 aliphatic heterocycles. The highest BCUT2D eigenvalue weighted by Crippen LogP contribution is 2.41. The van der Waals surface area contributed by atoms with Crippen LogP contribution in [0.5, 0.6) is 0 Å². The standard InChI is InChI=1S/C32H29FN6O4S/c1-20-16-35-27(17-34-20)18-39-30(41)28(44-31(39)38-26-10-6-9-24(33)15-26)23-11-13-25(14-12-23)37-29(40)21(2)36-32(42)43-19-22-7-4-3-5-8-22/h3-17,21,28H,18-19H2,1-2H3,(H,36,42)(H,37,40)/b38-31-/t21-,28?/m0/s1. The van der Waals surface area contributed by atoms with Crippen LogP contribution in [0.3, 0.4) is 0 Å². The van der Waals surface area contributed by atoms with Crippen molar-refractivity contribution in [1.29, 1.82) is 0 Å². The van der Waals surface area contributed by atoms with E-state index >= 15 is 0 Å². The van der Waals surface area contributed by atoms with Gasteiger partial charge in [0.25, 0.3) is 0 Å². The molecule has 2 heterocycles. The normalized spacial score (nSPS) is 16.1. The Labute approximate surface area is 257 Å². The summed E-state index contributed by atoms with van der Waals surface area (Å²) >= 11 is 1.24. The Bertz CT molecular complexity index is 1670. The van der Waals surface area contributed by atoms with Crippen LogP contribution in [0.2, 0.25) is 0 Å². The second-order valence-electron chi connectivity index (χ2n) is 9.98. The quantitative estimate of drug-likeness (QED) is 0.249. The van der Waals surface area contributed by atoms with Gasteiger partial charge in [-0.05, 0) is 55.3 Å². The van der Waals surface area contributed by atoms with E-state index in [4.69, 9.17) is 4.74 Å². The molecule has 0 spiro atoms. The molecule has 2 atom stereocenters. The smallest absolute Gasteiger partial charge is 0.408 e. The number of ether oxygens (including phenoxy) is 1. The van der Waals surface area contributed by atoms with Crippen LogP contribution in [0.1, 0.15) is 34.7 Å². The Morgan fingerprint density at radius 3 is 2.52 bits per heavy atom. The van der Waals surface area contributed by atoms with Crippen molar-refractivity contribution < 1.29 is 23.5 Å². The Morgan fingerprint density at radius 2 is 1.82 bits per heavy atom. The molecule has 1 aliphatic rings. The topological polar surface area (TPSA) is 126 Å². The average Bonchev–Trinajstić information content (AvgIpc) is 3.32. The van der Waals surface area contributed by atoms with E-state index in [1.165, 1.54) is 28.8 Å². The van der Waals surface area contributed by atoms with Gasteiger partial charge in [0.1, 0.15) is 23.7 Å². The van der Waals surface area contributed by atoms with Crippen molar-refractivity contribution in [2.45, 2.75) is 38.3 Å². The molecule has 0 saturated carbocycles. The highest BCUT2D eigenvalue weighted by molar-refractivity contribution is 8.15. The number of alkyl carbamates (subject to hydrolysis) is 1. The molecule has 3 aromatic carbocycles. The number of amidine groups is 1. The average molecular weight is 613 g/mol. The number of benzene rings is 3. The number of hydrogen-bond donors (Lipinski definition) is 2. The number of anilines is 1. The number of hydrogen-bond acceptors (Lipinski definition) is 8. The van der Waals surface area contributed by atoms with Crippen LogP contribution in [-0.4, -0.2) is 44.0 Å². The van der Waals surface area contributed by atoms with Crippen LogP contribution in [0, 0.1) is 12.7 Å². The maximum Gasteiger partial charge on any atom is 0.408 e. The molecule has 0 bridgehead atoms. The van der Waals surface area contributed by atoms with E-state index in [2.05, 4.69) is 25.6 Å².